The maximum atomic E-state index is 5.44. The van der Waals surface area contributed by atoms with Crippen molar-refractivity contribution in [2.24, 2.45) is 22.7 Å². The second-order valence-corrected chi connectivity index (χ2v) is 7.34. The number of allylic oxidation sites excluding steroid dienone is 1. The van der Waals surface area contributed by atoms with E-state index >= 15 is 0 Å². The first-order valence-electron chi connectivity index (χ1n) is 8.99. The summed E-state index contributed by atoms with van der Waals surface area (Å²) in [5.41, 5.74) is 1.37. The molecule has 0 saturated carbocycles. The molecule has 0 amide bonds. The minimum atomic E-state index is 0.617. The maximum Gasteiger partial charge on any atom is 0.0594 e. The van der Waals surface area contributed by atoms with Gasteiger partial charge in [-0.2, -0.15) is 0 Å². The van der Waals surface area contributed by atoms with Gasteiger partial charge < -0.3 is 9.64 Å². The largest absolute Gasteiger partial charge is 0.379 e. The lowest BCUT2D eigenvalue weighted by molar-refractivity contribution is 0.0259. The van der Waals surface area contributed by atoms with Gasteiger partial charge in [0, 0.05) is 51.4 Å². The summed E-state index contributed by atoms with van der Waals surface area (Å²) in [5, 5.41) is 0. The van der Waals surface area contributed by atoms with E-state index in [1.165, 1.54) is 38.2 Å². The predicted octanol–water partition coefficient (Wildman–Crippen LogP) is 2.27. The van der Waals surface area contributed by atoms with E-state index in [1.54, 1.807) is 0 Å². The molecule has 1 unspecified atom stereocenters. The smallest absolute Gasteiger partial charge is 0.0594 e. The van der Waals surface area contributed by atoms with Crippen LogP contribution in [0.1, 0.15) is 26.7 Å². The molecule has 4 nitrogen and oxygen atoms in total. The molecular formula is C18H31N3O. The van der Waals surface area contributed by atoms with Gasteiger partial charge in [-0.05, 0) is 24.7 Å². The zero-order valence-electron chi connectivity index (χ0n) is 14.2. The number of ether oxygens (including phenoxy) is 1. The molecular weight excluding hydrogens is 274 g/mol. The van der Waals surface area contributed by atoms with Crippen LogP contribution in [0.15, 0.2) is 16.8 Å². The van der Waals surface area contributed by atoms with E-state index in [4.69, 9.17) is 4.74 Å². The number of morpholine rings is 1. The molecule has 0 bridgehead atoms. The van der Waals surface area contributed by atoms with Gasteiger partial charge in [-0.3, -0.25) is 9.89 Å². The topological polar surface area (TPSA) is 28.1 Å². The lowest BCUT2D eigenvalue weighted by Crippen LogP contribution is -2.43. The molecule has 124 valence electrons. The SMILES string of the molecule is CC(C)C1C=C(N2CCC(CN3CCOCC3)CC2)C=NC1. The summed E-state index contributed by atoms with van der Waals surface area (Å²) >= 11 is 0. The molecule has 4 heteroatoms. The molecule has 0 aromatic heterocycles. The molecule has 0 N–H and O–H groups in total. The van der Waals surface area contributed by atoms with Crippen molar-refractivity contribution < 1.29 is 4.74 Å². The predicted molar refractivity (Wildman–Crippen MR) is 91.3 cm³/mol. The Morgan fingerprint density at radius 2 is 1.91 bits per heavy atom. The van der Waals surface area contributed by atoms with Gasteiger partial charge >= 0.3 is 0 Å². The summed E-state index contributed by atoms with van der Waals surface area (Å²) in [6, 6.07) is 0. The van der Waals surface area contributed by atoms with Gasteiger partial charge in [-0.1, -0.05) is 19.9 Å². The van der Waals surface area contributed by atoms with Crippen LogP contribution in [0.2, 0.25) is 0 Å². The lowest BCUT2D eigenvalue weighted by Gasteiger charge is -2.38. The summed E-state index contributed by atoms with van der Waals surface area (Å²) in [6.45, 7) is 13.3. The number of hydrogen-bond donors (Lipinski definition) is 0. The summed E-state index contributed by atoms with van der Waals surface area (Å²) in [5.74, 6) is 2.16. The Morgan fingerprint density at radius 1 is 1.18 bits per heavy atom. The minimum Gasteiger partial charge on any atom is -0.379 e. The van der Waals surface area contributed by atoms with E-state index in [0.29, 0.717) is 11.8 Å². The van der Waals surface area contributed by atoms with Crippen LogP contribution in [0.4, 0.5) is 0 Å². The van der Waals surface area contributed by atoms with E-state index in [-0.39, 0.29) is 0 Å². The number of rotatable bonds is 4. The second kappa shape index (κ2) is 7.60. The third-order valence-corrected chi connectivity index (χ3v) is 5.38. The van der Waals surface area contributed by atoms with Gasteiger partial charge in [-0.25, -0.2) is 0 Å². The molecule has 22 heavy (non-hydrogen) atoms. The van der Waals surface area contributed by atoms with Crippen LogP contribution in [0.5, 0.6) is 0 Å². The Bertz CT molecular complexity index is 405. The summed E-state index contributed by atoms with van der Waals surface area (Å²) in [7, 11) is 0. The van der Waals surface area contributed by atoms with Gasteiger partial charge in [0.25, 0.3) is 0 Å². The van der Waals surface area contributed by atoms with Crippen molar-refractivity contribution in [1.82, 2.24) is 9.80 Å². The fourth-order valence-corrected chi connectivity index (χ4v) is 3.70. The maximum absolute atomic E-state index is 5.44. The molecule has 3 aliphatic heterocycles. The van der Waals surface area contributed by atoms with Gasteiger partial charge in [0.1, 0.15) is 0 Å². The first-order chi connectivity index (χ1) is 10.7. The zero-order chi connectivity index (χ0) is 15.4. The van der Waals surface area contributed by atoms with Crippen LogP contribution < -0.4 is 0 Å². The number of aliphatic imine (C=N–C) groups is 1. The van der Waals surface area contributed by atoms with E-state index in [1.807, 2.05) is 0 Å². The van der Waals surface area contributed by atoms with Gasteiger partial charge in [0.15, 0.2) is 0 Å². The highest BCUT2D eigenvalue weighted by atomic mass is 16.5. The third kappa shape index (κ3) is 4.11. The molecule has 3 rings (SSSR count). The molecule has 0 aromatic rings. The Balaban J connectivity index is 1.48. The highest BCUT2D eigenvalue weighted by Gasteiger charge is 2.24. The molecule has 0 radical (unpaired) electrons. The Kier molecular flexibility index (Phi) is 5.53. The van der Waals surface area contributed by atoms with Crippen molar-refractivity contribution in [1.29, 1.82) is 0 Å². The van der Waals surface area contributed by atoms with Crippen molar-refractivity contribution in [2.45, 2.75) is 26.7 Å². The summed E-state index contributed by atoms with van der Waals surface area (Å²) < 4.78 is 5.44. The van der Waals surface area contributed by atoms with Crippen LogP contribution in [0, 0.1) is 17.8 Å². The normalized spacial score (nSPS) is 28.2. The Labute approximate surface area is 135 Å². The van der Waals surface area contributed by atoms with E-state index in [9.17, 15) is 0 Å². The van der Waals surface area contributed by atoms with Crippen LogP contribution in [-0.4, -0.2) is 68.5 Å². The Morgan fingerprint density at radius 3 is 2.59 bits per heavy atom. The van der Waals surface area contributed by atoms with Crippen molar-refractivity contribution in [3.8, 4) is 0 Å². The van der Waals surface area contributed by atoms with Crippen LogP contribution in [0.25, 0.3) is 0 Å². The van der Waals surface area contributed by atoms with E-state index in [0.717, 1.165) is 38.8 Å². The summed E-state index contributed by atoms with van der Waals surface area (Å²) in [4.78, 5) is 9.72. The number of hydrogen-bond acceptors (Lipinski definition) is 4. The van der Waals surface area contributed by atoms with Gasteiger partial charge in [-0.15, -0.1) is 0 Å². The van der Waals surface area contributed by atoms with Crippen molar-refractivity contribution in [2.75, 3.05) is 52.5 Å². The molecule has 3 heterocycles. The average Bonchev–Trinajstić information content (AvgIpc) is 2.56. The molecule has 0 spiro atoms. The molecule has 3 aliphatic rings. The van der Waals surface area contributed by atoms with Crippen LogP contribution in [-0.2, 0) is 4.74 Å². The first kappa shape index (κ1) is 16.0. The number of dihydropyridines is 1. The van der Waals surface area contributed by atoms with Gasteiger partial charge in [0.05, 0.1) is 18.9 Å². The fourth-order valence-electron chi connectivity index (χ4n) is 3.70. The van der Waals surface area contributed by atoms with Crippen molar-refractivity contribution in [3.63, 3.8) is 0 Å². The molecule has 1 atom stereocenters. The van der Waals surface area contributed by atoms with Crippen molar-refractivity contribution >= 4 is 6.21 Å². The number of likely N-dealkylation sites (tertiary alicyclic amines) is 1. The molecule has 0 aliphatic carbocycles. The third-order valence-electron chi connectivity index (χ3n) is 5.38. The highest BCUT2D eigenvalue weighted by molar-refractivity contribution is 5.78. The monoisotopic (exact) mass is 305 g/mol. The number of piperidine rings is 1. The quantitative estimate of drug-likeness (QED) is 0.797. The molecule has 0 aromatic carbocycles. The minimum absolute atomic E-state index is 0.617. The lowest BCUT2D eigenvalue weighted by atomic mass is 9.92. The first-order valence-corrected chi connectivity index (χ1v) is 8.99. The standard InChI is InChI=1S/C18H31N3O/c1-15(2)17-11-18(13-19-12-17)21-5-3-16(4-6-21)14-20-7-9-22-10-8-20/h11,13,15-17H,3-10,12,14H2,1-2H3. The molecule has 2 fully saturated rings. The van der Waals surface area contributed by atoms with Crippen LogP contribution in [0.3, 0.4) is 0 Å². The van der Waals surface area contributed by atoms with E-state index < -0.39 is 0 Å². The zero-order valence-corrected chi connectivity index (χ0v) is 14.2. The number of nitrogens with zero attached hydrogens (tertiary/aromatic N) is 3. The Hall–Kier alpha value is -0.870. The fraction of sp³-hybridized carbons (Fsp3) is 0.833. The average molecular weight is 305 g/mol. The van der Waals surface area contributed by atoms with E-state index in [2.05, 4.69) is 40.9 Å². The molecule has 2 saturated heterocycles. The van der Waals surface area contributed by atoms with Crippen LogP contribution >= 0.6 is 0 Å². The summed E-state index contributed by atoms with van der Waals surface area (Å²) in [6.07, 6.45) is 7.19. The second-order valence-electron chi connectivity index (χ2n) is 7.34. The van der Waals surface area contributed by atoms with Gasteiger partial charge in [0.2, 0.25) is 0 Å². The highest BCUT2D eigenvalue weighted by Crippen LogP contribution is 2.25. The van der Waals surface area contributed by atoms with Crippen molar-refractivity contribution in [3.05, 3.63) is 11.8 Å².